The molecule has 106 valence electrons. The second kappa shape index (κ2) is 7.18. The van der Waals surface area contributed by atoms with Crippen LogP contribution in [-0.2, 0) is 6.42 Å². The van der Waals surface area contributed by atoms with E-state index in [-0.39, 0.29) is 11.9 Å². The lowest BCUT2D eigenvalue weighted by Crippen LogP contribution is -2.24. The third-order valence-corrected chi connectivity index (χ3v) is 4.45. The van der Waals surface area contributed by atoms with Crippen molar-refractivity contribution in [1.82, 2.24) is 5.32 Å². The molecule has 1 atom stereocenters. The lowest BCUT2D eigenvalue weighted by atomic mass is 9.96. The van der Waals surface area contributed by atoms with Gasteiger partial charge in [-0.05, 0) is 77.4 Å². The normalized spacial score (nSPS) is 12.4. The largest absolute Gasteiger partial charge is 0.310 e. The van der Waals surface area contributed by atoms with Crippen molar-refractivity contribution in [3.8, 4) is 0 Å². The van der Waals surface area contributed by atoms with Gasteiger partial charge in [0.15, 0.2) is 0 Å². The van der Waals surface area contributed by atoms with Crippen LogP contribution in [0.5, 0.6) is 0 Å². The van der Waals surface area contributed by atoms with Crippen molar-refractivity contribution in [3.05, 3.63) is 68.5 Å². The molecule has 0 radical (unpaired) electrons. The first-order valence-electron chi connectivity index (χ1n) is 6.84. The van der Waals surface area contributed by atoms with E-state index in [2.05, 4.69) is 53.0 Å². The summed E-state index contributed by atoms with van der Waals surface area (Å²) >= 11 is 2.36. The summed E-state index contributed by atoms with van der Waals surface area (Å²) in [7, 11) is 0. The maximum Gasteiger partial charge on any atom is 0.123 e. The molecular weight excluding hydrogens is 364 g/mol. The molecule has 0 bridgehead atoms. The minimum Gasteiger partial charge on any atom is -0.310 e. The molecule has 0 aliphatic heterocycles. The van der Waals surface area contributed by atoms with Crippen LogP contribution in [0.25, 0.3) is 0 Å². The first-order valence-corrected chi connectivity index (χ1v) is 7.92. The van der Waals surface area contributed by atoms with E-state index in [1.807, 2.05) is 19.1 Å². The fourth-order valence-electron chi connectivity index (χ4n) is 2.38. The van der Waals surface area contributed by atoms with Gasteiger partial charge in [-0.3, -0.25) is 0 Å². The predicted molar refractivity (Wildman–Crippen MR) is 90.4 cm³/mol. The first-order chi connectivity index (χ1) is 9.61. The van der Waals surface area contributed by atoms with Gasteiger partial charge in [0.05, 0.1) is 0 Å². The Morgan fingerprint density at radius 3 is 2.65 bits per heavy atom. The van der Waals surface area contributed by atoms with E-state index in [0.717, 1.165) is 24.1 Å². The Kier molecular flexibility index (Phi) is 5.54. The highest BCUT2D eigenvalue weighted by molar-refractivity contribution is 14.1. The summed E-state index contributed by atoms with van der Waals surface area (Å²) in [5.41, 5.74) is 3.48. The molecule has 2 aromatic carbocycles. The average molecular weight is 383 g/mol. The monoisotopic (exact) mass is 383 g/mol. The SMILES string of the molecule is CCNC(Cc1cc(F)ccc1C)c1ccccc1I. The van der Waals surface area contributed by atoms with E-state index in [9.17, 15) is 4.39 Å². The number of aryl methyl sites for hydroxylation is 1. The lowest BCUT2D eigenvalue weighted by Gasteiger charge is -2.21. The fraction of sp³-hybridized carbons (Fsp3) is 0.294. The number of halogens is 2. The molecule has 0 heterocycles. The molecule has 0 amide bonds. The third kappa shape index (κ3) is 3.79. The summed E-state index contributed by atoms with van der Waals surface area (Å²) in [6, 6.07) is 13.6. The van der Waals surface area contributed by atoms with Gasteiger partial charge in [-0.1, -0.05) is 31.2 Å². The summed E-state index contributed by atoms with van der Waals surface area (Å²) in [4.78, 5) is 0. The minimum atomic E-state index is -0.163. The van der Waals surface area contributed by atoms with E-state index < -0.39 is 0 Å². The van der Waals surface area contributed by atoms with Crippen LogP contribution in [0.2, 0.25) is 0 Å². The Labute approximate surface area is 133 Å². The van der Waals surface area contributed by atoms with Gasteiger partial charge in [0.1, 0.15) is 5.82 Å². The summed E-state index contributed by atoms with van der Waals surface area (Å²) in [5.74, 6) is -0.163. The fourth-order valence-corrected chi connectivity index (χ4v) is 3.14. The molecule has 20 heavy (non-hydrogen) atoms. The third-order valence-electron chi connectivity index (χ3n) is 3.47. The maximum absolute atomic E-state index is 13.4. The second-order valence-electron chi connectivity index (χ2n) is 4.91. The zero-order valence-electron chi connectivity index (χ0n) is 11.8. The van der Waals surface area contributed by atoms with Gasteiger partial charge in [-0.2, -0.15) is 0 Å². The molecule has 0 saturated carbocycles. The zero-order chi connectivity index (χ0) is 14.5. The topological polar surface area (TPSA) is 12.0 Å². The first kappa shape index (κ1) is 15.4. The Morgan fingerprint density at radius 2 is 1.95 bits per heavy atom. The molecule has 1 unspecified atom stereocenters. The zero-order valence-corrected chi connectivity index (χ0v) is 13.9. The van der Waals surface area contributed by atoms with Gasteiger partial charge in [-0.15, -0.1) is 0 Å². The highest BCUT2D eigenvalue weighted by Crippen LogP contribution is 2.25. The highest BCUT2D eigenvalue weighted by atomic mass is 127. The Hall–Kier alpha value is -0.940. The van der Waals surface area contributed by atoms with Crippen LogP contribution in [0.1, 0.15) is 29.7 Å². The summed E-state index contributed by atoms with van der Waals surface area (Å²) < 4.78 is 14.7. The van der Waals surface area contributed by atoms with Crippen molar-refractivity contribution < 1.29 is 4.39 Å². The van der Waals surface area contributed by atoms with Crippen molar-refractivity contribution in [1.29, 1.82) is 0 Å². The van der Waals surface area contributed by atoms with E-state index in [1.54, 1.807) is 6.07 Å². The molecule has 1 N–H and O–H groups in total. The van der Waals surface area contributed by atoms with Gasteiger partial charge in [0, 0.05) is 9.61 Å². The Morgan fingerprint density at radius 1 is 1.20 bits per heavy atom. The van der Waals surface area contributed by atoms with Crippen molar-refractivity contribution >= 4 is 22.6 Å². The summed E-state index contributed by atoms with van der Waals surface area (Å²) in [5, 5.41) is 3.51. The molecule has 0 aliphatic carbocycles. The van der Waals surface area contributed by atoms with Crippen LogP contribution in [-0.4, -0.2) is 6.54 Å². The molecule has 0 fully saturated rings. The number of likely N-dealkylation sites (N-methyl/N-ethyl adjacent to an activating group) is 1. The number of hydrogen-bond acceptors (Lipinski definition) is 1. The van der Waals surface area contributed by atoms with E-state index in [4.69, 9.17) is 0 Å². The molecule has 3 heteroatoms. The van der Waals surface area contributed by atoms with Gasteiger partial charge in [0.2, 0.25) is 0 Å². The molecule has 2 aromatic rings. The van der Waals surface area contributed by atoms with E-state index in [0.29, 0.717) is 0 Å². The Bertz CT molecular complexity index is 583. The minimum absolute atomic E-state index is 0.163. The van der Waals surface area contributed by atoms with Gasteiger partial charge in [0.25, 0.3) is 0 Å². The Balaban J connectivity index is 2.30. The lowest BCUT2D eigenvalue weighted by molar-refractivity contribution is 0.543. The predicted octanol–water partition coefficient (Wildman–Crippen LogP) is 4.63. The van der Waals surface area contributed by atoms with Crippen LogP contribution in [0.3, 0.4) is 0 Å². The second-order valence-corrected chi connectivity index (χ2v) is 6.07. The summed E-state index contributed by atoms with van der Waals surface area (Å²) in [6.45, 7) is 5.03. The quantitative estimate of drug-likeness (QED) is 0.743. The number of hydrogen-bond donors (Lipinski definition) is 1. The molecular formula is C17H19FIN. The molecule has 2 rings (SSSR count). The van der Waals surface area contributed by atoms with Crippen LogP contribution in [0.15, 0.2) is 42.5 Å². The van der Waals surface area contributed by atoms with Gasteiger partial charge < -0.3 is 5.32 Å². The molecule has 0 aliphatic rings. The highest BCUT2D eigenvalue weighted by Gasteiger charge is 2.15. The number of nitrogens with one attached hydrogen (secondary N) is 1. The standard InChI is InChI=1S/C17H19FIN/c1-3-20-17(15-6-4-5-7-16(15)19)11-13-10-14(18)9-8-12(13)2/h4-10,17,20H,3,11H2,1-2H3. The van der Waals surface area contributed by atoms with Crippen LogP contribution in [0, 0.1) is 16.3 Å². The van der Waals surface area contributed by atoms with E-state index >= 15 is 0 Å². The molecule has 0 aromatic heterocycles. The van der Waals surface area contributed by atoms with Gasteiger partial charge >= 0.3 is 0 Å². The van der Waals surface area contributed by atoms with E-state index in [1.165, 1.54) is 15.2 Å². The van der Waals surface area contributed by atoms with Crippen molar-refractivity contribution in [3.63, 3.8) is 0 Å². The van der Waals surface area contributed by atoms with Crippen LogP contribution < -0.4 is 5.32 Å². The van der Waals surface area contributed by atoms with Crippen LogP contribution in [0.4, 0.5) is 4.39 Å². The molecule has 0 spiro atoms. The molecule has 0 saturated heterocycles. The number of rotatable bonds is 5. The van der Waals surface area contributed by atoms with Crippen LogP contribution >= 0.6 is 22.6 Å². The van der Waals surface area contributed by atoms with Crippen molar-refractivity contribution in [2.75, 3.05) is 6.54 Å². The van der Waals surface area contributed by atoms with Crippen molar-refractivity contribution in [2.45, 2.75) is 26.3 Å². The smallest absolute Gasteiger partial charge is 0.123 e. The molecule has 1 nitrogen and oxygen atoms in total. The van der Waals surface area contributed by atoms with Gasteiger partial charge in [-0.25, -0.2) is 4.39 Å². The maximum atomic E-state index is 13.4. The van der Waals surface area contributed by atoms with Crippen molar-refractivity contribution in [2.24, 2.45) is 0 Å². The summed E-state index contributed by atoms with van der Waals surface area (Å²) in [6.07, 6.45) is 0.803. The number of benzene rings is 2. The average Bonchev–Trinajstić information content (AvgIpc) is 2.43.